The zero-order chi connectivity index (χ0) is 13.8. The van der Waals surface area contributed by atoms with Crippen LogP contribution in [0.3, 0.4) is 0 Å². The minimum absolute atomic E-state index is 0.00700. The molecular weight excluding hydrogens is 236 g/mol. The van der Waals surface area contributed by atoms with Crippen LogP contribution >= 0.6 is 0 Å². The standard InChI is InChI=1S/C17H20O2/c1-12(18)16-10-9-14(11-16)5-3-6-15-7-4-8-17(15)13(2)19/h4,7-11,17-18H,3,5-6H2,1-2H3/p-1. The van der Waals surface area contributed by atoms with E-state index in [-0.39, 0.29) is 17.5 Å². The Morgan fingerprint density at radius 1 is 1.26 bits per heavy atom. The van der Waals surface area contributed by atoms with Crippen molar-refractivity contribution in [3.05, 3.63) is 58.9 Å². The van der Waals surface area contributed by atoms with Gasteiger partial charge < -0.3 is 5.11 Å². The molecule has 0 saturated heterocycles. The van der Waals surface area contributed by atoms with Gasteiger partial charge in [0.1, 0.15) is 5.78 Å². The van der Waals surface area contributed by atoms with Gasteiger partial charge >= 0.3 is 0 Å². The van der Waals surface area contributed by atoms with Crippen molar-refractivity contribution >= 4 is 5.78 Å². The van der Waals surface area contributed by atoms with E-state index in [0.29, 0.717) is 0 Å². The van der Waals surface area contributed by atoms with Crippen molar-refractivity contribution in [3.63, 3.8) is 0 Å². The third-order valence-corrected chi connectivity index (χ3v) is 3.61. The fourth-order valence-electron chi connectivity index (χ4n) is 2.52. The first-order valence-corrected chi connectivity index (χ1v) is 6.72. The monoisotopic (exact) mass is 255 g/mol. The second-order valence-electron chi connectivity index (χ2n) is 5.13. The number of hydrogen-bond donors (Lipinski definition) is 0. The maximum atomic E-state index is 11.4. The molecule has 2 heteroatoms. The molecule has 2 aliphatic carbocycles. The van der Waals surface area contributed by atoms with Crippen LogP contribution in [-0.4, -0.2) is 5.78 Å². The van der Waals surface area contributed by atoms with Gasteiger partial charge in [0.15, 0.2) is 0 Å². The van der Waals surface area contributed by atoms with E-state index in [1.165, 1.54) is 11.1 Å². The molecule has 0 aromatic rings. The molecule has 2 nitrogen and oxygen atoms in total. The van der Waals surface area contributed by atoms with Crippen LogP contribution in [0.4, 0.5) is 0 Å². The van der Waals surface area contributed by atoms with Crippen LogP contribution in [-0.2, 0) is 4.79 Å². The lowest BCUT2D eigenvalue weighted by Gasteiger charge is -2.10. The van der Waals surface area contributed by atoms with Gasteiger partial charge in [0.2, 0.25) is 0 Å². The molecule has 0 spiro atoms. The molecule has 0 aliphatic heterocycles. The summed E-state index contributed by atoms with van der Waals surface area (Å²) >= 11 is 0. The predicted octanol–water partition coefficient (Wildman–Crippen LogP) is 2.99. The van der Waals surface area contributed by atoms with Crippen LogP contribution in [0.2, 0.25) is 0 Å². The van der Waals surface area contributed by atoms with Crippen LogP contribution in [0.15, 0.2) is 58.9 Å². The molecule has 0 aromatic carbocycles. The molecule has 0 amide bonds. The van der Waals surface area contributed by atoms with E-state index in [1.807, 2.05) is 30.4 Å². The minimum Gasteiger partial charge on any atom is -0.875 e. The molecule has 2 aliphatic rings. The van der Waals surface area contributed by atoms with Crippen LogP contribution < -0.4 is 5.11 Å². The first-order chi connectivity index (χ1) is 9.08. The Morgan fingerprint density at radius 2 is 2.05 bits per heavy atom. The molecule has 19 heavy (non-hydrogen) atoms. The fourth-order valence-corrected chi connectivity index (χ4v) is 2.52. The Hall–Kier alpha value is -1.83. The average molecular weight is 255 g/mol. The van der Waals surface area contributed by atoms with Crippen molar-refractivity contribution < 1.29 is 9.90 Å². The second kappa shape index (κ2) is 5.87. The van der Waals surface area contributed by atoms with Gasteiger partial charge in [-0.3, -0.25) is 4.79 Å². The number of carbonyl (C=O) groups excluding carboxylic acids is 1. The van der Waals surface area contributed by atoms with Crippen molar-refractivity contribution in [1.29, 1.82) is 0 Å². The largest absolute Gasteiger partial charge is 0.875 e. The number of hydrogen-bond acceptors (Lipinski definition) is 2. The normalized spacial score (nSPS) is 23.6. The van der Waals surface area contributed by atoms with E-state index in [9.17, 15) is 9.90 Å². The lowest BCUT2D eigenvalue weighted by atomic mass is 9.94. The van der Waals surface area contributed by atoms with Crippen molar-refractivity contribution in [1.82, 2.24) is 0 Å². The molecule has 0 bridgehead atoms. The highest BCUT2D eigenvalue weighted by Gasteiger charge is 2.18. The molecule has 0 radical (unpaired) electrons. The summed E-state index contributed by atoms with van der Waals surface area (Å²) in [4.78, 5) is 11.4. The summed E-state index contributed by atoms with van der Waals surface area (Å²) in [5, 5.41) is 11.2. The lowest BCUT2D eigenvalue weighted by molar-refractivity contribution is -0.302. The van der Waals surface area contributed by atoms with E-state index in [1.54, 1.807) is 13.8 Å². The molecule has 0 fully saturated rings. The number of allylic oxidation sites excluding steroid dienone is 10. The van der Waals surface area contributed by atoms with Gasteiger partial charge in [-0.05, 0) is 37.3 Å². The van der Waals surface area contributed by atoms with Crippen molar-refractivity contribution in [2.45, 2.75) is 33.1 Å². The summed E-state index contributed by atoms with van der Waals surface area (Å²) in [6, 6.07) is 0. The predicted molar refractivity (Wildman–Crippen MR) is 75.2 cm³/mol. The number of rotatable bonds is 5. The fraction of sp³-hybridized carbons (Fsp3) is 0.353. The highest BCUT2D eigenvalue weighted by atomic mass is 16.3. The second-order valence-corrected chi connectivity index (χ2v) is 5.13. The summed E-state index contributed by atoms with van der Waals surface area (Å²) in [5.41, 5.74) is 3.21. The Labute approximate surface area is 114 Å². The van der Waals surface area contributed by atoms with E-state index in [2.05, 4.69) is 6.08 Å². The summed E-state index contributed by atoms with van der Waals surface area (Å²) in [6.45, 7) is 3.23. The topological polar surface area (TPSA) is 40.1 Å². The molecule has 1 unspecified atom stereocenters. The molecule has 100 valence electrons. The quantitative estimate of drug-likeness (QED) is 0.708. The third kappa shape index (κ3) is 3.34. The molecular formula is C17H19O2-. The molecule has 0 N–H and O–H groups in total. The van der Waals surface area contributed by atoms with E-state index in [4.69, 9.17) is 0 Å². The van der Waals surface area contributed by atoms with Crippen LogP contribution in [0.1, 0.15) is 33.1 Å². The van der Waals surface area contributed by atoms with Crippen molar-refractivity contribution in [3.8, 4) is 0 Å². The maximum absolute atomic E-state index is 11.4. The Bertz CT molecular complexity index is 523. The molecule has 0 saturated carbocycles. The molecule has 0 aromatic heterocycles. The third-order valence-electron chi connectivity index (χ3n) is 3.61. The number of ketones is 1. The Balaban J connectivity index is 1.83. The highest BCUT2D eigenvalue weighted by molar-refractivity contribution is 5.84. The van der Waals surface area contributed by atoms with Gasteiger partial charge in [0.25, 0.3) is 0 Å². The Morgan fingerprint density at radius 3 is 2.68 bits per heavy atom. The van der Waals surface area contributed by atoms with Gasteiger partial charge in [-0.15, -0.1) is 5.76 Å². The summed E-state index contributed by atoms with van der Waals surface area (Å²) < 4.78 is 0. The van der Waals surface area contributed by atoms with Crippen molar-refractivity contribution in [2.24, 2.45) is 5.92 Å². The van der Waals surface area contributed by atoms with Crippen molar-refractivity contribution in [2.75, 3.05) is 0 Å². The summed E-state index contributed by atoms with van der Waals surface area (Å²) in [7, 11) is 0. The van der Waals surface area contributed by atoms with E-state index < -0.39 is 0 Å². The van der Waals surface area contributed by atoms with Gasteiger partial charge in [0.05, 0.1) is 5.92 Å². The Kier molecular flexibility index (Phi) is 4.20. The first-order valence-electron chi connectivity index (χ1n) is 6.72. The molecule has 1 atom stereocenters. The smallest absolute Gasteiger partial charge is 0.140 e. The van der Waals surface area contributed by atoms with Crippen LogP contribution in [0, 0.1) is 5.92 Å². The van der Waals surface area contributed by atoms with Crippen LogP contribution in [0.25, 0.3) is 0 Å². The highest BCUT2D eigenvalue weighted by Crippen LogP contribution is 2.27. The van der Waals surface area contributed by atoms with E-state index in [0.717, 1.165) is 24.8 Å². The van der Waals surface area contributed by atoms with Gasteiger partial charge in [-0.25, -0.2) is 0 Å². The summed E-state index contributed by atoms with van der Waals surface area (Å²) in [6.07, 6.45) is 14.8. The van der Waals surface area contributed by atoms with Gasteiger partial charge in [-0.1, -0.05) is 49.0 Å². The molecule has 0 heterocycles. The lowest BCUT2D eigenvalue weighted by Crippen LogP contribution is -2.08. The van der Waals surface area contributed by atoms with Crippen LogP contribution in [0.5, 0.6) is 0 Å². The van der Waals surface area contributed by atoms with Gasteiger partial charge in [-0.2, -0.15) is 0 Å². The van der Waals surface area contributed by atoms with Gasteiger partial charge in [0, 0.05) is 0 Å². The number of Topliss-reactive ketones (excluding diaryl/α,β-unsaturated/α-hetero) is 1. The average Bonchev–Trinajstić information content (AvgIpc) is 2.97. The maximum Gasteiger partial charge on any atom is 0.140 e. The minimum atomic E-state index is -0.00700. The first kappa shape index (κ1) is 13.6. The van der Waals surface area contributed by atoms with E-state index >= 15 is 0 Å². The SMILES string of the molecule is CC(=O)C1C=CC=C1CCCC1=CC(=C(C)[O-])C=C1. The number of carbonyl (C=O) groups is 1. The zero-order valence-electron chi connectivity index (χ0n) is 11.5. The zero-order valence-corrected chi connectivity index (χ0v) is 11.5. The molecule has 2 rings (SSSR count). The summed E-state index contributed by atoms with van der Waals surface area (Å²) in [5.74, 6) is 0.324.